The summed E-state index contributed by atoms with van der Waals surface area (Å²) >= 11 is 0. The molecule has 2 saturated heterocycles. The minimum absolute atomic E-state index is 0.0720. The Hall–Kier alpha value is -2.48. The highest BCUT2D eigenvalue weighted by Gasteiger charge is 2.44. The number of carbonyl (C=O) groups is 1. The molecule has 2 aromatic rings. The molecule has 0 saturated carbocycles. The Labute approximate surface area is 159 Å². The summed E-state index contributed by atoms with van der Waals surface area (Å²) in [7, 11) is 1.94. The Balaban J connectivity index is 1.45. The van der Waals surface area contributed by atoms with Crippen LogP contribution < -0.4 is 15.5 Å². The number of hydrogen-bond donors (Lipinski definition) is 2. The van der Waals surface area contributed by atoms with Crippen molar-refractivity contribution in [3.63, 3.8) is 0 Å². The summed E-state index contributed by atoms with van der Waals surface area (Å²) in [5.41, 5.74) is 0.361. The zero-order chi connectivity index (χ0) is 19.1. The topological polar surface area (TPSA) is 88.0 Å². The quantitative estimate of drug-likeness (QED) is 0.820. The van der Waals surface area contributed by atoms with E-state index in [0.717, 1.165) is 49.8 Å². The molecule has 4 heterocycles. The van der Waals surface area contributed by atoms with Crippen molar-refractivity contribution in [1.29, 1.82) is 0 Å². The molecule has 0 aromatic carbocycles. The molecule has 2 aliphatic heterocycles. The van der Waals surface area contributed by atoms with Crippen LogP contribution in [0.15, 0.2) is 24.5 Å². The first-order valence-corrected chi connectivity index (χ1v) is 9.48. The van der Waals surface area contributed by atoms with Gasteiger partial charge in [0.15, 0.2) is 11.6 Å². The van der Waals surface area contributed by atoms with Gasteiger partial charge in [-0.3, -0.25) is 4.79 Å². The molecule has 1 amide bonds. The maximum absolute atomic E-state index is 12.7. The second-order valence-corrected chi connectivity index (χ2v) is 8.41. The number of imidazole rings is 1. The number of piperidine rings is 1. The Morgan fingerprint density at radius 2 is 1.89 bits per heavy atom. The van der Waals surface area contributed by atoms with Gasteiger partial charge in [0.2, 0.25) is 5.91 Å². The van der Waals surface area contributed by atoms with Crippen LogP contribution in [0.1, 0.15) is 26.7 Å². The predicted molar refractivity (Wildman–Crippen MR) is 103 cm³/mol. The van der Waals surface area contributed by atoms with E-state index < -0.39 is 5.54 Å². The van der Waals surface area contributed by atoms with Crippen molar-refractivity contribution in [1.82, 2.24) is 30.4 Å². The zero-order valence-corrected chi connectivity index (χ0v) is 16.2. The molecule has 0 atom stereocenters. The highest BCUT2D eigenvalue weighted by Crippen LogP contribution is 2.29. The van der Waals surface area contributed by atoms with Gasteiger partial charge in [0.05, 0.1) is 0 Å². The number of aryl methyl sites for hydroxylation is 1. The van der Waals surface area contributed by atoms with E-state index in [1.807, 2.05) is 29.9 Å². The zero-order valence-electron chi connectivity index (χ0n) is 16.2. The van der Waals surface area contributed by atoms with E-state index in [2.05, 4.69) is 44.6 Å². The van der Waals surface area contributed by atoms with Crippen molar-refractivity contribution >= 4 is 11.7 Å². The fourth-order valence-electron chi connectivity index (χ4n) is 3.79. The average Bonchev–Trinajstić information content (AvgIpc) is 3.07. The fourth-order valence-corrected chi connectivity index (χ4v) is 3.79. The van der Waals surface area contributed by atoms with Gasteiger partial charge >= 0.3 is 0 Å². The molecule has 0 unspecified atom stereocenters. The lowest BCUT2D eigenvalue weighted by Crippen LogP contribution is -2.60. The summed E-state index contributed by atoms with van der Waals surface area (Å²) in [5.74, 6) is 1.77. The van der Waals surface area contributed by atoms with Crippen molar-refractivity contribution in [3.05, 3.63) is 24.5 Å². The van der Waals surface area contributed by atoms with Gasteiger partial charge in [0.1, 0.15) is 11.2 Å². The summed E-state index contributed by atoms with van der Waals surface area (Å²) in [4.78, 5) is 19.2. The Kier molecular flexibility index (Phi) is 4.38. The molecule has 1 spiro atoms. The molecule has 144 valence electrons. The van der Waals surface area contributed by atoms with Gasteiger partial charge in [-0.05, 0) is 30.4 Å². The van der Waals surface area contributed by atoms with Crippen LogP contribution in [-0.4, -0.2) is 57.4 Å². The summed E-state index contributed by atoms with van der Waals surface area (Å²) in [6.07, 6.45) is 5.16. The smallest absolute Gasteiger partial charge is 0.240 e. The second kappa shape index (κ2) is 6.60. The van der Waals surface area contributed by atoms with Crippen LogP contribution in [-0.2, 0) is 11.8 Å². The number of nitrogens with one attached hydrogen (secondary N) is 2. The highest BCUT2D eigenvalue weighted by atomic mass is 16.2. The van der Waals surface area contributed by atoms with Crippen LogP contribution >= 0.6 is 0 Å². The van der Waals surface area contributed by atoms with Crippen LogP contribution in [0.25, 0.3) is 11.5 Å². The molecule has 2 N–H and O–H groups in total. The molecule has 4 rings (SSSR count). The van der Waals surface area contributed by atoms with Crippen molar-refractivity contribution in [3.8, 4) is 11.5 Å². The van der Waals surface area contributed by atoms with Gasteiger partial charge in [-0.1, -0.05) is 13.8 Å². The molecule has 0 radical (unpaired) electrons. The first-order chi connectivity index (χ1) is 12.9. The molecule has 0 aliphatic carbocycles. The first-order valence-electron chi connectivity index (χ1n) is 9.48. The van der Waals surface area contributed by atoms with E-state index in [1.54, 1.807) is 6.20 Å². The van der Waals surface area contributed by atoms with E-state index in [-0.39, 0.29) is 11.3 Å². The summed E-state index contributed by atoms with van der Waals surface area (Å²) in [5, 5.41) is 15.4. The standard InChI is InChI=1S/C19H27N7O/c1-18(2)12-21-17(27)19(22-13-18)6-9-26(10-7-19)15-5-4-14(23-24-15)16-20-8-11-25(16)3/h4-5,8,11,22H,6-7,9-10,12-13H2,1-3H3,(H,21,27). The molecule has 27 heavy (non-hydrogen) atoms. The largest absolute Gasteiger partial charge is 0.355 e. The molecule has 8 heteroatoms. The van der Waals surface area contributed by atoms with E-state index in [0.29, 0.717) is 6.54 Å². The summed E-state index contributed by atoms with van der Waals surface area (Å²) in [6, 6.07) is 3.94. The average molecular weight is 369 g/mol. The van der Waals surface area contributed by atoms with E-state index in [1.165, 1.54) is 0 Å². The molecule has 8 nitrogen and oxygen atoms in total. The van der Waals surface area contributed by atoms with Gasteiger partial charge in [-0.2, -0.15) is 0 Å². The number of hydrogen-bond acceptors (Lipinski definition) is 6. The lowest BCUT2D eigenvalue weighted by Gasteiger charge is -2.40. The Morgan fingerprint density at radius 1 is 1.11 bits per heavy atom. The second-order valence-electron chi connectivity index (χ2n) is 8.41. The van der Waals surface area contributed by atoms with Gasteiger partial charge in [-0.15, -0.1) is 10.2 Å². The van der Waals surface area contributed by atoms with E-state index in [9.17, 15) is 4.79 Å². The predicted octanol–water partition coefficient (Wildman–Crippen LogP) is 0.962. The van der Waals surface area contributed by atoms with Crippen molar-refractivity contribution in [2.24, 2.45) is 12.5 Å². The molecule has 2 fully saturated rings. The highest BCUT2D eigenvalue weighted by molar-refractivity contribution is 5.87. The van der Waals surface area contributed by atoms with Gasteiger partial charge in [0, 0.05) is 45.6 Å². The number of rotatable bonds is 2. The number of carbonyl (C=O) groups excluding carboxylic acids is 1. The minimum atomic E-state index is -0.468. The first kappa shape index (κ1) is 17.9. The third-order valence-electron chi connectivity index (χ3n) is 5.71. The molecule has 2 aromatic heterocycles. The van der Waals surface area contributed by atoms with Crippen LogP contribution in [0.3, 0.4) is 0 Å². The van der Waals surface area contributed by atoms with Gasteiger partial charge in [-0.25, -0.2) is 4.98 Å². The fraction of sp³-hybridized carbons (Fsp3) is 0.579. The lowest BCUT2D eigenvalue weighted by atomic mass is 9.86. The van der Waals surface area contributed by atoms with Crippen molar-refractivity contribution in [2.45, 2.75) is 32.2 Å². The van der Waals surface area contributed by atoms with Crippen LogP contribution in [0.2, 0.25) is 0 Å². The van der Waals surface area contributed by atoms with E-state index in [4.69, 9.17) is 0 Å². The number of aromatic nitrogens is 4. The normalized spacial score (nSPS) is 21.7. The Morgan fingerprint density at radius 3 is 2.52 bits per heavy atom. The van der Waals surface area contributed by atoms with Crippen molar-refractivity contribution in [2.75, 3.05) is 31.1 Å². The monoisotopic (exact) mass is 369 g/mol. The number of anilines is 1. The van der Waals surface area contributed by atoms with E-state index >= 15 is 0 Å². The molecule has 2 aliphatic rings. The van der Waals surface area contributed by atoms with Gasteiger partial charge in [0.25, 0.3) is 0 Å². The summed E-state index contributed by atoms with van der Waals surface area (Å²) in [6.45, 7) is 7.45. The third-order valence-corrected chi connectivity index (χ3v) is 5.71. The number of amides is 1. The maximum Gasteiger partial charge on any atom is 0.240 e. The SMILES string of the molecule is Cn1ccnc1-c1ccc(N2CCC3(CC2)NCC(C)(C)CNC3=O)nn1. The van der Waals surface area contributed by atoms with Crippen LogP contribution in [0.5, 0.6) is 0 Å². The number of nitrogens with zero attached hydrogens (tertiary/aromatic N) is 5. The minimum Gasteiger partial charge on any atom is -0.355 e. The lowest BCUT2D eigenvalue weighted by molar-refractivity contribution is -0.127. The molecular formula is C19H27N7O. The maximum atomic E-state index is 12.7. The Bertz CT molecular complexity index is 819. The third kappa shape index (κ3) is 3.41. The molecular weight excluding hydrogens is 342 g/mol. The van der Waals surface area contributed by atoms with Crippen LogP contribution in [0.4, 0.5) is 5.82 Å². The van der Waals surface area contributed by atoms with Crippen molar-refractivity contribution < 1.29 is 4.79 Å². The van der Waals surface area contributed by atoms with Gasteiger partial charge < -0.3 is 20.1 Å². The molecule has 0 bridgehead atoms. The summed E-state index contributed by atoms with van der Waals surface area (Å²) < 4.78 is 1.92. The van der Waals surface area contributed by atoms with Crippen LogP contribution in [0, 0.1) is 5.41 Å².